The van der Waals surface area contributed by atoms with E-state index in [1.165, 1.54) is 23.1 Å². The number of anilines is 1. The molecule has 7 nitrogen and oxygen atoms in total. The topological polar surface area (TPSA) is 101 Å². The van der Waals surface area contributed by atoms with Crippen LogP contribution >= 0.6 is 0 Å². The van der Waals surface area contributed by atoms with Gasteiger partial charge in [-0.3, -0.25) is 24.6 Å². The number of nitro groups is 1. The molecule has 3 aromatic carbocycles. The second-order valence-corrected chi connectivity index (χ2v) is 7.19. The molecule has 0 spiro atoms. The van der Waals surface area contributed by atoms with E-state index >= 15 is 0 Å². The van der Waals surface area contributed by atoms with Gasteiger partial charge in [0.2, 0.25) is 0 Å². The maximum absolute atomic E-state index is 13.1. The number of aliphatic hydroxyl groups excluding tert-OH is 1. The molecule has 0 bridgehead atoms. The van der Waals surface area contributed by atoms with Gasteiger partial charge in [0.05, 0.1) is 16.1 Å². The first kappa shape index (κ1) is 20.0. The summed E-state index contributed by atoms with van der Waals surface area (Å²) in [6, 6.07) is 20.0. The Morgan fingerprint density at radius 1 is 0.968 bits per heavy atom. The quantitative estimate of drug-likeness (QED) is 0.222. The summed E-state index contributed by atoms with van der Waals surface area (Å²) in [4.78, 5) is 38.5. The molecule has 1 aliphatic rings. The van der Waals surface area contributed by atoms with E-state index in [1.54, 1.807) is 54.6 Å². The molecule has 4 rings (SSSR count). The Balaban J connectivity index is 2.02. The van der Waals surface area contributed by atoms with Crippen LogP contribution in [0.5, 0.6) is 0 Å². The number of Topliss-reactive ketones (excluding diaryl/α,β-unsaturated/α-hetero) is 1. The van der Waals surface area contributed by atoms with Crippen LogP contribution in [0.4, 0.5) is 11.4 Å². The van der Waals surface area contributed by atoms with Crippen LogP contribution in [-0.4, -0.2) is 21.7 Å². The Labute approximate surface area is 178 Å². The number of aryl methyl sites for hydroxylation is 1. The van der Waals surface area contributed by atoms with Gasteiger partial charge in [-0.15, -0.1) is 0 Å². The lowest BCUT2D eigenvalue weighted by molar-refractivity contribution is -0.385. The van der Waals surface area contributed by atoms with Gasteiger partial charge in [-0.1, -0.05) is 54.6 Å². The number of carbonyl (C=O) groups is 2. The van der Waals surface area contributed by atoms with Crippen molar-refractivity contribution in [3.63, 3.8) is 0 Å². The number of ketones is 1. The molecule has 1 aliphatic heterocycles. The largest absolute Gasteiger partial charge is 0.507 e. The number of benzene rings is 3. The van der Waals surface area contributed by atoms with E-state index < -0.39 is 22.7 Å². The molecule has 7 heteroatoms. The normalized spacial score (nSPS) is 17.7. The van der Waals surface area contributed by atoms with Gasteiger partial charge in [-0.25, -0.2) is 0 Å². The molecule has 1 saturated heterocycles. The zero-order valence-corrected chi connectivity index (χ0v) is 16.6. The SMILES string of the molecule is Cc1cccc(N2C(=O)C(=O)C(=C(O)c3ccccc3)[C@H]2c2ccccc2[N+](=O)[O-])c1. The minimum absolute atomic E-state index is 0.144. The Bertz CT molecular complexity index is 1230. The fourth-order valence-electron chi connectivity index (χ4n) is 3.81. The van der Waals surface area contributed by atoms with E-state index in [-0.39, 0.29) is 22.6 Å². The summed E-state index contributed by atoms with van der Waals surface area (Å²) in [6.45, 7) is 1.84. The number of hydrogen-bond donors (Lipinski definition) is 1. The van der Waals surface area contributed by atoms with E-state index in [0.717, 1.165) is 5.56 Å². The molecule has 1 amide bonds. The molecule has 154 valence electrons. The molecule has 0 aromatic heterocycles. The van der Waals surface area contributed by atoms with E-state index in [2.05, 4.69) is 0 Å². The van der Waals surface area contributed by atoms with E-state index in [0.29, 0.717) is 11.3 Å². The van der Waals surface area contributed by atoms with Crippen molar-refractivity contribution in [3.05, 3.63) is 111 Å². The van der Waals surface area contributed by atoms with Crippen LogP contribution in [0.2, 0.25) is 0 Å². The third-order valence-corrected chi connectivity index (χ3v) is 5.20. The molecule has 1 atom stereocenters. The summed E-state index contributed by atoms with van der Waals surface area (Å²) in [5.74, 6) is -2.13. The molecule has 0 aliphatic carbocycles. The molecule has 1 heterocycles. The number of carbonyl (C=O) groups excluding carboxylic acids is 2. The molecule has 0 unspecified atom stereocenters. The number of amides is 1. The molecule has 0 radical (unpaired) electrons. The standard InChI is InChI=1S/C24H18N2O5/c1-15-8-7-11-17(14-15)25-21(18-12-5-6-13-19(18)26(30)31)20(23(28)24(25)29)22(27)16-9-3-2-4-10-16/h2-14,21,27H,1H3/t21-/m1/s1. The fraction of sp³-hybridized carbons (Fsp3) is 0.0833. The van der Waals surface area contributed by atoms with E-state index in [4.69, 9.17) is 0 Å². The maximum Gasteiger partial charge on any atom is 0.300 e. The zero-order valence-electron chi connectivity index (χ0n) is 16.6. The third-order valence-electron chi connectivity index (χ3n) is 5.20. The van der Waals surface area contributed by atoms with E-state index in [1.807, 2.05) is 13.0 Å². The Hall–Kier alpha value is -4.26. The van der Waals surface area contributed by atoms with Crippen LogP contribution in [0, 0.1) is 17.0 Å². The summed E-state index contributed by atoms with van der Waals surface area (Å²) >= 11 is 0. The second kappa shape index (κ2) is 7.87. The molecule has 1 N–H and O–H groups in total. The van der Waals surface area contributed by atoms with Crippen molar-refractivity contribution in [3.8, 4) is 0 Å². The van der Waals surface area contributed by atoms with Crippen molar-refractivity contribution < 1.29 is 19.6 Å². The average Bonchev–Trinajstić information content (AvgIpc) is 3.04. The highest BCUT2D eigenvalue weighted by molar-refractivity contribution is 6.51. The second-order valence-electron chi connectivity index (χ2n) is 7.19. The third kappa shape index (κ3) is 3.46. The molecule has 3 aromatic rings. The smallest absolute Gasteiger partial charge is 0.300 e. The average molecular weight is 414 g/mol. The van der Waals surface area contributed by atoms with Crippen molar-refractivity contribution in [1.82, 2.24) is 0 Å². The van der Waals surface area contributed by atoms with Crippen LogP contribution in [0.1, 0.15) is 22.7 Å². The van der Waals surface area contributed by atoms with Gasteiger partial charge in [-0.05, 0) is 30.7 Å². The first-order valence-corrected chi connectivity index (χ1v) is 9.56. The Kier molecular flexibility index (Phi) is 5.09. The highest BCUT2D eigenvalue weighted by Crippen LogP contribution is 2.44. The molecule has 0 saturated carbocycles. The summed E-state index contributed by atoms with van der Waals surface area (Å²) in [6.07, 6.45) is 0. The lowest BCUT2D eigenvalue weighted by atomic mass is 9.94. The number of rotatable bonds is 4. The van der Waals surface area contributed by atoms with Crippen molar-refractivity contribution in [1.29, 1.82) is 0 Å². The number of nitrogens with zero attached hydrogens (tertiary/aromatic N) is 2. The van der Waals surface area contributed by atoms with Crippen LogP contribution in [0.3, 0.4) is 0 Å². The summed E-state index contributed by atoms with van der Waals surface area (Å²) in [5, 5.41) is 22.7. The van der Waals surface area contributed by atoms with Gasteiger partial charge in [0.25, 0.3) is 17.4 Å². The van der Waals surface area contributed by atoms with Crippen molar-refractivity contribution in [2.45, 2.75) is 13.0 Å². The Morgan fingerprint density at radius 2 is 1.65 bits per heavy atom. The van der Waals surface area contributed by atoms with Crippen LogP contribution < -0.4 is 4.90 Å². The zero-order chi connectivity index (χ0) is 22.1. The van der Waals surface area contributed by atoms with Crippen LogP contribution in [0.25, 0.3) is 5.76 Å². The highest BCUT2D eigenvalue weighted by Gasteiger charge is 2.48. The first-order chi connectivity index (χ1) is 14.9. The lowest BCUT2D eigenvalue weighted by Crippen LogP contribution is -2.29. The minimum Gasteiger partial charge on any atom is -0.507 e. The molecule has 1 fully saturated rings. The van der Waals surface area contributed by atoms with Gasteiger partial charge in [-0.2, -0.15) is 0 Å². The van der Waals surface area contributed by atoms with Crippen LogP contribution in [0.15, 0.2) is 84.4 Å². The lowest BCUT2D eigenvalue weighted by Gasteiger charge is -2.25. The number of para-hydroxylation sites is 1. The van der Waals surface area contributed by atoms with Crippen LogP contribution in [-0.2, 0) is 9.59 Å². The number of aliphatic hydroxyl groups is 1. The molecule has 31 heavy (non-hydrogen) atoms. The Morgan fingerprint density at radius 3 is 2.32 bits per heavy atom. The predicted molar refractivity (Wildman–Crippen MR) is 116 cm³/mol. The maximum atomic E-state index is 13.1. The van der Waals surface area contributed by atoms with Gasteiger partial charge in [0.1, 0.15) is 11.8 Å². The monoisotopic (exact) mass is 414 g/mol. The van der Waals surface area contributed by atoms with Gasteiger partial charge >= 0.3 is 0 Å². The number of hydrogen-bond acceptors (Lipinski definition) is 5. The predicted octanol–water partition coefficient (Wildman–Crippen LogP) is 4.53. The van der Waals surface area contributed by atoms with Crippen molar-refractivity contribution >= 4 is 28.8 Å². The van der Waals surface area contributed by atoms with Gasteiger partial charge in [0.15, 0.2) is 0 Å². The summed E-state index contributed by atoms with van der Waals surface area (Å²) in [7, 11) is 0. The van der Waals surface area contributed by atoms with Crippen molar-refractivity contribution in [2.75, 3.05) is 4.90 Å². The molecular formula is C24H18N2O5. The minimum atomic E-state index is -1.15. The summed E-state index contributed by atoms with van der Waals surface area (Å²) < 4.78 is 0. The molecular weight excluding hydrogens is 396 g/mol. The fourth-order valence-corrected chi connectivity index (χ4v) is 3.81. The van der Waals surface area contributed by atoms with E-state index in [9.17, 15) is 24.8 Å². The van der Waals surface area contributed by atoms with Gasteiger partial charge < -0.3 is 5.11 Å². The number of nitro benzene ring substituents is 1. The highest BCUT2D eigenvalue weighted by atomic mass is 16.6. The first-order valence-electron chi connectivity index (χ1n) is 9.56. The van der Waals surface area contributed by atoms with Gasteiger partial charge in [0, 0.05) is 17.3 Å². The van der Waals surface area contributed by atoms with Crippen molar-refractivity contribution in [2.24, 2.45) is 0 Å². The summed E-state index contributed by atoms with van der Waals surface area (Å²) in [5.41, 5.74) is 1.32.